The second-order valence-electron chi connectivity index (χ2n) is 3.75. The molecular formula is C12H11N5O. The molecule has 2 aromatic rings. The molecule has 0 bridgehead atoms. The van der Waals surface area contributed by atoms with Crippen LogP contribution in [0.15, 0.2) is 35.3 Å². The summed E-state index contributed by atoms with van der Waals surface area (Å²) >= 11 is 0. The number of aromatic nitrogens is 3. The van der Waals surface area contributed by atoms with E-state index in [9.17, 15) is 4.79 Å². The van der Waals surface area contributed by atoms with Crippen molar-refractivity contribution in [2.45, 2.75) is 6.54 Å². The van der Waals surface area contributed by atoms with Crippen molar-refractivity contribution in [1.82, 2.24) is 15.0 Å². The average Bonchev–Trinajstić information content (AvgIpc) is 2.39. The van der Waals surface area contributed by atoms with Gasteiger partial charge in [0.05, 0.1) is 12.2 Å². The van der Waals surface area contributed by atoms with Crippen molar-refractivity contribution in [3.63, 3.8) is 0 Å². The van der Waals surface area contributed by atoms with Gasteiger partial charge >= 0.3 is 5.69 Å². The summed E-state index contributed by atoms with van der Waals surface area (Å²) in [5.74, 6) is 0.445. The number of nitrogens with one attached hydrogen (secondary N) is 1. The summed E-state index contributed by atoms with van der Waals surface area (Å²) in [6.45, 7) is 0.516. The third kappa shape index (κ3) is 2.71. The zero-order chi connectivity index (χ0) is 13.0. The van der Waals surface area contributed by atoms with Crippen molar-refractivity contribution >= 4 is 5.82 Å². The number of hydrogen-bond acceptors (Lipinski definition) is 5. The van der Waals surface area contributed by atoms with Gasteiger partial charge in [-0.3, -0.25) is 9.97 Å². The fraction of sp³-hybridized carbons (Fsp3) is 0.167. The van der Waals surface area contributed by atoms with E-state index in [1.165, 1.54) is 6.07 Å². The van der Waals surface area contributed by atoms with Crippen molar-refractivity contribution in [2.75, 3.05) is 11.9 Å². The van der Waals surface area contributed by atoms with E-state index < -0.39 is 5.69 Å². The summed E-state index contributed by atoms with van der Waals surface area (Å²) in [4.78, 5) is 23.4. The minimum atomic E-state index is -0.531. The van der Waals surface area contributed by atoms with Crippen molar-refractivity contribution < 1.29 is 0 Å². The van der Waals surface area contributed by atoms with E-state index in [0.29, 0.717) is 12.4 Å². The quantitative estimate of drug-likeness (QED) is 0.853. The molecule has 2 heterocycles. The summed E-state index contributed by atoms with van der Waals surface area (Å²) in [6, 6.07) is 9.03. The molecule has 90 valence electrons. The molecule has 0 aliphatic heterocycles. The number of rotatable bonds is 3. The predicted molar refractivity (Wildman–Crippen MR) is 65.9 cm³/mol. The molecule has 0 saturated heterocycles. The van der Waals surface area contributed by atoms with E-state index in [1.54, 1.807) is 18.1 Å². The topological polar surface area (TPSA) is 85.7 Å². The average molecular weight is 241 g/mol. The van der Waals surface area contributed by atoms with Crippen molar-refractivity contribution in [1.29, 1.82) is 5.26 Å². The number of hydrogen-bond donors (Lipinski definition) is 1. The number of nitriles is 1. The first-order valence-electron chi connectivity index (χ1n) is 5.31. The molecule has 0 spiro atoms. The Balaban J connectivity index is 2.24. The van der Waals surface area contributed by atoms with Gasteiger partial charge in [0.15, 0.2) is 0 Å². The molecule has 0 saturated carbocycles. The lowest BCUT2D eigenvalue weighted by atomic mass is 10.3. The van der Waals surface area contributed by atoms with Gasteiger partial charge in [-0.2, -0.15) is 10.2 Å². The maximum absolute atomic E-state index is 11.3. The summed E-state index contributed by atoms with van der Waals surface area (Å²) < 4.78 is 0. The van der Waals surface area contributed by atoms with Gasteiger partial charge in [-0.25, -0.2) is 4.79 Å². The van der Waals surface area contributed by atoms with Gasteiger partial charge in [0.25, 0.3) is 0 Å². The second kappa shape index (κ2) is 5.10. The summed E-state index contributed by atoms with van der Waals surface area (Å²) in [6.07, 6.45) is 1.70. The van der Waals surface area contributed by atoms with Crippen LogP contribution in [0.4, 0.5) is 5.82 Å². The molecule has 0 fully saturated rings. The molecule has 0 aromatic carbocycles. The zero-order valence-electron chi connectivity index (χ0n) is 9.79. The standard InChI is InChI=1S/C12H11N5O/c1-17(8-9-4-2-3-5-14-9)11-6-10(7-13)15-12(18)16-11/h2-6H,8H2,1H3,(H,15,16,18). The lowest BCUT2D eigenvalue weighted by molar-refractivity contribution is 0.852. The van der Waals surface area contributed by atoms with E-state index in [-0.39, 0.29) is 5.69 Å². The molecule has 0 unspecified atom stereocenters. The first-order valence-corrected chi connectivity index (χ1v) is 5.31. The van der Waals surface area contributed by atoms with E-state index in [1.807, 2.05) is 24.3 Å². The number of nitrogens with zero attached hydrogens (tertiary/aromatic N) is 4. The number of aromatic amines is 1. The fourth-order valence-electron chi connectivity index (χ4n) is 1.52. The lowest BCUT2D eigenvalue weighted by Crippen LogP contribution is -2.23. The highest BCUT2D eigenvalue weighted by molar-refractivity contribution is 5.41. The Morgan fingerprint density at radius 2 is 2.33 bits per heavy atom. The van der Waals surface area contributed by atoms with Crippen molar-refractivity contribution in [2.24, 2.45) is 0 Å². The summed E-state index contributed by atoms with van der Waals surface area (Å²) in [5.41, 5.74) is 0.524. The summed E-state index contributed by atoms with van der Waals surface area (Å²) in [7, 11) is 1.79. The zero-order valence-corrected chi connectivity index (χ0v) is 9.79. The van der Waals surface area contributed by atoms with E-state index in [0.717, 1.165) is 5.69 Å². The smallest absolute Gasteiger partial charge is 0.347 e. The maximum Gasteiger partial charge on any atom is 0.347 e. The monoisotopic (exact) mass is 241 g/mol. The number of pyridine rings is 1. The van der Waals surface area contributed by atoms with Gasteiger partial charge in [-0.05, 0) is 12.1 Å². The van der Waals surface area contributed by atoms with Crippen LogP contribution in [0.25, 0.3) is 0 Å². The van der Waals surface area contributed by atoms with Crippen LogP contribution >= 0.6 is 0 Å². The van der Waals surface area contributed by atoms with E-state index in [4.69, 9.17) is 5.26 Å². The molecule has 0 aliphatic rings. The Hall–Kier alpha value is -2.68. The van der Waals surface area contributed by atoms with Gasteiger partial charge in [0.1, 0.15) is 17.6 Å². The van der Waals surface area contributed by atoms with E-state index >= 15 is 0 Å². The van der Waals surface area contributed by atoms with Gasteiger partial charge in [-0.1, -0.05) is 6.07 Å². The van der Waals surface area contributed by atoms with Crippen LogP contribution in [-0.4, -0.2) is 22.0 Å². The summed E-state index contributed by atoms with van der Waals surface area (Å²) in [5, 5.41) is 8.78. The van der Waals surface area contributed by atoms with Gasteiger partial charge in [0, 0.05) is 19.3 Å². The molecular weight excluding hydrogens is 230 g/mol. The predicted octanol–water partition coefficient (Wildman–Crippen LogP) is 0.673. The highest BCUT2D eigenvalue weighted by Crippen LogP contribution is 2.10. The van der Waals surface area contributed by atoms with Gasteiger partial charge in [-0.15, -0.1) is 0 Å². The van der Waals surface area contributed by atoms with Crippen LogP contribution in [0.1, 0.15) is 11.4 Å². The van der Waals surface area contributed by atoms with Crippen LogP contribution in [0, 0.1) is 11.3 Å². The molecule has 6 heteroatoms. The lowest BCUT2D eigenvalue weighted by Gasteiger charge is -2.17. The first-order chi connectivity index (χ1) is 8.69. The van der Waals surface area contributed by atoms with Crippen LogP contribution in [0.5, 0.6) is 0 Å². The van der Waals surface area contributed by atoms with Crippen LogP contribution in [0.3, 0.4) is 0 Å². The molecule has 0 atom stereocenters. The second-order valence-corrected chi connectivity index (χ2v) is 3.75. The third-order valence-electron chi connectivity index (χ3n) is 2.37. The number of anilines is 1. The van der Waals surface area contributed by atoms with Crippen LogP contribution < -0.4 is 10.6 Å². The highest BCUT2D eigenvalue weighted by Gasteiger charge is 2.07. The largest absolute Gasteiger partial charge is 0.354 e. The Morgan fingerprint density at radius 1 is 1.50 bits per heavy atom. The molecule has 2 rings (SSSR count). The SMILES string of the molecule is CN(Cc1ccccn1)c1cc(C#N)[nH]c(=O)n1. The van der Waals surface area contributed by atoms with Crippen LogP contribution in [-0.2, 0) is 6.54 Å². The molecule has 2 aromatic heterocycles. The van der Waals surface area contributed by atoms with Gasteiger partial charge in [0.2, 0.25) is 0 Å². The van der Waals surface area contributed by atoms with Crippen LogP contribution in [0.2, 0.25) is 0 Å². The third-order valence-corrected chi connectivity index (χ3v) is 2.37. The Morgan fingerprint density at radius 3 is 3.00 bits per heavy atom. The Kier molecular flexibility index (Phi) is 3.34. The Bertz CT molecular complexity index is 629. The fourth-order valence-corrected chi connectivity index (χ4v) is 1.52. The minimum Gasteiger partial charge on any atom is -0.354 e. The maximum atomic E-state index is 11.3. The van der Waals surface area contributed by atoms with Crippen molar-refractivity contribution in [3.05, 3.63) is 52.3 Å². The molecule has 0 aliphatic carbocycles. The highest BCUT2D eigenvalue weighted by atomic mass is 16.1. The number of H-pyrrole nitrogens is 1. The van der Waals surface area contributed by atoms with E-state index in [2.05, 4.69) is 15.0 Å². The molecule has 6 nitrogen and oxygen atoms in total. The first kappa shape index (κ1) is 11.8. The van der Waals surface area contributed by atoms with Gasteiger partial charge < -0.3 is 4.90 Å². The molecule has 0 radical (unpaired) electrons. The normalized spacial score (nSPS) is 9.78. The van der Waals surface area contributed by atoms with Crippen molar-refractivity contribution in [3.8, 4) is 6.07 Å². The Labute approximate surface area is 104 Å². The molecule has 1 N–H and O–H groups in total. The molecule has 18 heavy (non-hydrogen) atoms. The molecule has 0 amide bonds. The minimum absolute atomic E-state index is 0.192.